The van der Waals surface area contributed by atoms with Crippen molar-refractivity contribution in [2.24, 2.45) is 35.5 Å². The molecule has 21 atom stereocenters. The highest BCUT2D eigenvalue weighted by atomic mass is 16.7. The van der Waals surface area contributed by atoms with Crippen LogP contribution in [0.1, 0.15) is 114 Å². The van der Waals surface area contributed by atoms with Gasteiger partial charge in [-0.1, -0.05) is 55.4 Å². The number of methoxy groups -OCH3 is 1. The van der Waals surface area contributed by atoms with Crippen molar-refractivity contribution in [3.05, 3.63) is 0 Å². The zero-order chi connectivity index (χ0) is 41.1. The monoisotopic (exact) mass is 803 g/mol. The molecule has 6 N–H and O–H groups in total. The van der Waals surface area contributed by atoms with Crippen LogP contribution in [0.4, 0.5) is 0 Å². The molecular weight excluding hydrogens is 728 g/mol. The van der Waals surface area contributed by atoms with Gasteiger partial charge in [-0.05, 0) is 63.2 Å². The first kappa shape index (κ1) is 45.0. The van der Waals surface area contributed by atoms with Crippen LogP contribution >= 0.6 is 0 Å². The molecule has 14 nitrogen and oxygen atoms in total. The van der Waals surface area contributed by atoms with Gasteiger partial charge in [-0.2, -0.15) is 0 Å². The topological polar surface area (TPSA) is 195 Å². The lowest BCUT2D eigenvalue weighted by Gasteiger charge is -2.49. The van der Waals surface area contributed by atoms with E-state index in [1.807, 2.05) is 6.92 Å². The predicted molar refractivity (Wildman–Crippen MR) is 203 cm³/mol. The summed E-state index contributed by atoms with van der Waals surface area (Å²) in [5.41, 5.74) is -1.16. The fraction of sp³-hybridized carbons (Fsp3) is 1.00. The van der Waals surface area contributed by atoms with Gasteiger partial charge in [0.15, 0.2) is 17.9 Å². The molecule has 326 valence electrons. The average molecular weight is 803 g/mol. The van der Waals surface area contributed by atoms with Crippen LogP contribution in [-0.2, 0) is 37.9 Å². The Morgan fingerprint density at radius 3 is 2.21 bits per heavy atom. The number of rotatable bonds is 12. The summed E-state index contributed by atoms with van der Waals surface area (Å²) in [5.74, 6) is -2.47. The van der Waals surface area contributed by atoms with Crippen LogP contribution in [0.15, 0.2) is 0 Å². The summed E-state index contributed by atoms with van der Waals surface area (Å²) < 4.78 is 51.8. The lowest BCUT2D eigenvalue weighted by Crippen LogP contribution is -2.61. The van der Waals surface area contributed by atoms with E-state index in [-0.39, 0.29) is 66.7 Å². The molecule has 56 heavy (non-hydrogen) atoms. The van der Waals surface area contributed by atoms with Gasteiger partial charge >= 0.3 is 0 Å². The summed E-state index contributed by atoms with van der Waals surface area (Å²) in [6.07, 6.45) is -3.62. The Morgan fingerprint density at radius 1 is 0.857 bits per heavy atom. The van der Waals surface area contributed by atoms with Crippen LogP contribution < -0.4 is 0 Å². The molecule has 0 bridgehead atoms. The molecule has 0 aliphatic carbocycles. The van der Waals surface area contributed by atoms with Crippen molar-refractivity contribution in [1.82, 2.24) is 0 Å². The Hall–Kier alpha value is -0.560. The highest BCUT2D eigenvalue weighted by Crippen LogP contribution is 2.55. The zero-order valence-corrected chi connectivity index (χ0v) is 35.4. The zero-order valence-electron chi connectivity index (χ0n) is 35.4. The molecule has 1 spiro atoms. The summed E-state index contributed by atoms with van der Waals surface area (Å²) >= 11 is 0. The maximum atomic E-state index is 11.8. The Labute approximate surface area is 333 Å². The molecule has 0 saturated carbocycles. The average Bonchev–Trinajstić information content (AvgIpc) is 3.86. The number of ether oxygens (including phenoxy) is 8. The van der Waals surface area contributed by atoms with Crippen LogP contribution in [0, 0.1) is 35.5 Å². The van der Waals surface area contributed by atoms with Gasteiger partial charge in [0.25, 0.3) is 0 Å². The molecule has 6 rings (SSSR count). The fourth-order valence-corrected chi connectivity index (χ4v) is 11.4. The van der Waals surface area contributed by atoms with E-state index in [2.05, 4.69) is 55.4 Å². The van der Waals surface area contributed by atoms with Gasteiger partial charge in [-0.15, -0.1) is 0 Å². The molecule has 6 fully saturated rings. The van der Waals surface area contributed by atoms with Gasteiger partial charge in [0.2, 0.25) is 0 Å². The van der Waals surface area contributed by atoms with Gasteiger partial charge in [0.05, 0.1) is 60.5 Å². The van der Waals surface area contributed by atoms with Crippen molar-refractivity contribution >= 4 is 0 Å². The lowest BCUT2D eigenvalue weighted by atomic mass is 9.78. The third kappa shape index (κ3) is 8.25. The van der Waals surface area contributed by atoms with E-state index in [0.717, 1.165) is 25.7 Å². The maximum Gasteiger partial charge on any atom is 0.192 e. The maximum absolute atomic E-state index is 11.8. The molecule has 14 heteroatoms. The van der Waals surface area contributed by atoms with E-state index in [1.165, 1.54) is 0 Å². The van der Waals surface area contributed by atoms with E-state index in [1.54, 1.807) is 7.11 Å². The number of hydrogen-bond acceptors (Lipinski definition) is 14. The normalized spacial score (nSPS) is 52.6. The quantitative estimate of drug-likeness (QED) is 0.169. The molecule has 6 aliphatic heterocycles. The van der Waals surface area contributed by atoms with E-state index in [0.29, 0.717) is 31.6 Å². The number of hydrogen-bond donors (Lipinski definition) is 6. The van der Waals surface area contributed by atoms with Gasteiger partial charge < -0.3 is 68.5 Å². The Kier molecular flexibility index (Phi) is 13.7. The van der Waals surface area contributed by atoms with E-state index >= 15 is 0 Å². The molecule has 6 heterocycles. The lowest BCUT2D eigenvalue weighted by molar-refractivity contribution is -0.359. The molecule has 6 aliphatic rings. The first-order valence-electron chi connectivity index (χ1n) is 21.5. The molecule has 6 unspecified atom stereocenters. The summed E-state index contributed by atoms with van der Waals surface area (Å²) in [5, 5.41) is 63.7. The van der Waals surface area contributed by atoms with Crippen LogP contribution in [-0.4, -0.2) is 147 Å². The van der Waals surface area contributed by atoms with Gasteiger partial charge in [-0.25, -0.2) is 0 Å². The summed E-state index contributed by atoms with van der Waals surface area (Å²) in [6.45, 7) is 18.0. The van der Waals surface area contributed by atoms with Crippen LogP contribution in [0.25, 0.3) is 0 Å². The van der Waals surface area contributed by atoms with Crippen molar-refractivity contribution in [3.8, 4) is 0 Å². The third-order valence-electron chi connectivity index (χ3n) is 14.9. The highest BCUT2D eigenvalue weighted by Gasteiger charge is 2.62. The molecular formula is C42H74O14. The summed E-state index contributed by atoms with van der Waals surface area (Å²) in [7, 11) is 1.74. The third-order valence-corrected chi connectivity index (χ3v) is 14.9. The van der Waals surface area contributed by atoms with Crippen molar-refractivity contribution in [2.75, 3.05) is 20.3 Å². The molecule has 0 aromatic heterocycles. The van der Waals surface area contributed by atoms with E-state index < -0.39 is 72.3 Å². The van der Waals surface area contributed by atoms with E-state index in [9.17, 15) is 30.6 Å². The first-order chi connectivity index (χ1) is 26.3. The van der Waals surface area contributed by atoms with Crippen LogP contribution in [0.2, 0.25) is 0 Å². The second-order valence-electron chi connectivity index (χ2n) is 19.3. The fourth-order valence-electron chi connectivity index (χ4n) is 11.4. The largest absolute Gasteiger partial charge is 0.394 e. The van der Waals surface area contributed by atoms with Gasteiger partial charge in [0.1, 0.15) is 31.0 Å². The van der Waals surface area contributed by atoms with E-state index in [4.69, 9.17) is 37.9 Å². The second kappa shape index (κ2) is 17.1. The van der Waals surface area contributed by atoms with Crippen molar-refractivity contribution < 1.29 is 68.5 Å². The van der Waals surface area contributed by atoms with Crippen molar-refractivity contribution in [3.63, 3.8) is 0 Å². The van der Waals surface area contributed by atoms with Crippen LogP contribution in [0.3, 0.4) is 0 Å². The summed E-state index contributed by atoms with van der Waals surface area (Å²) in [4.78, 5) is 0. The second-order valence-corrected chi connectivity index (χ2v) is 19.3. The molecule has 0 aromatic rings. The van der Waals surface area contributed by atoms with Gasteiger partial charge in [0, 0.05) is 37.7 Å². The minimum absolute atomic E-state index is 0.0119. The highest BCUT2D eigenvalue weighted by molar-refractivity contribution is 5.08. The van der Waals surface area contributed by atoms with Gasteiger partial charge in [-0.3, -0.25) is 0 Å². The standard InChI is InChI=1S/C42H74O14/c1-11-40(13-12-30(53-40)39(9)14-15-41(56-39)18-27(44)25(7)36(54-41)26(8)34(49-10)21(2)3)37-23(5)17-28(51-37)35-22(4)16-24(6)42(48,55-35)20-50-38-33(47)32(46)31(45)29(19-43)52-38/h21-38,43-48H,11-20H2,1-10H3/t22-,23-,24+,25+,26-,27-,28+,29?,30+,31?,32?,33?,34-,35-,36-,37+,38?,39-,40-,41?,42-/m0/s1. The minimum atomic E-state index is -1.74. The number of aliphatic hydroxyl groups excluding tert-OH is 5. The summed E-state index contributed by atoms with van der Waals surface area (Å²) in [6, 6.07) is 0. The molecule has 0 amide bonds. The van der Waals surface area contributed by atoms with Crippen molar-refractivity contribution in [1.29, 1.82) is 0 Å². The first-order valence-corrected chi connectivity index (χ1v) is 21.5. The predicted octanol–water partition coefficient (Wildman–Crippen LogP) is 3.03. The SMILES string of the molecule is CC[C@@]1([C@@H]2O[C@@H]([C@H]3O[C@@](O)(COC4OC(CO)C(O)C(O)C4O)[C@H](C)C[C@@H]3C)C[C@@H]2C)CC[C@H]([C@]2(C)CCC3(C[C@H](O)[C@@H](C)[C@@H]([C@@H](C)[C@@H](OC)C(C)C)O3)O2)O1. The Balaban J connectivity index is 1.11. The van der Waals surface area contributed by atoms with Crippen LogP contribution in [0.5, 0.6) is 0 Å². The smallest absolute Gasteiger partial charge is 0.192 e. The van der Waals surface area contributed by atoms with Crippen molar-refractivity contribution in [2.45, 2.75) is 210 Å². The molecule has 6 saturated heterocycles. The molecule has 0 radical (unpaired) electrons. The number of aliphatic hydroxyl groups is 6. The minimum Gasteiger partial charge on any atom is -0.394 e. The Bertz CT molecular complexity index is 1310. The molecule has 0 aromatic carbocycles. The Morgan fingerprint density at radius 2 is 1.57 bits per heavy atom.